The Morgan fingerprint density at radius 3 is 1.55 bits per heavy atom. The van der Waals surface area contributed by atoms with Crippen molar-refractivity contribution in [2.45, 2.75) is 173 Å². The van der Waals surface area contributed by atoms with Crippen molar-refractivity contribution in [3.8, 4) is 0 Å². The van der Waals surface area contributed by atoms with Crippen LogP contribution in [0.2, 0.25) is 0 Å². The molecule has 5 nitrogen and oxygen atoms in total. The third kappa shape index (κ3) is 26.8. The molecule has 0 saturated carbocycles. The Bertz CT molecular complexity index is 631. The number of rotatable bonds is 29. The molecular weight excluding hydrogens is 498 g/mol. The molecule has 3 unspecified atom stereocenters. The summed E-state index contributed by atoms with van der Waals surface area (Å²) in [4.78, 5) is 12.3. The lowest BCUT2D eigenvalue weighted by molar-refractivity contribution is -0.124. The molecule has 0 fully saturated rings. The predicted molar refractivity (Wildman–Crippen MR) is 171 cm³/mol. The van der Waals surface area contributed by atoms with E-state index in [4.69, 9.17) is 0 Å². The summed E-state index contributed by atoms with van der Waals surface area (Å²) in [5.74, 6) is -0.333. The zero-order chi connectivity index (χ0) is 29.5. The largest absolute Gasteiger partial charge is 0.394 e. The van der Waals surface area contributed by atoms with Crippen LogP contribution in [0.1, 0.15) is 155 Å². The molecule has 0 aliphatic rings. The summed E-state index contributed by atoms with van der Waals surface area (Å²) in [5.41, 5.74) is 0. The Balaban J connectivity index is 3.81. The molecule has 0 aromatic rings. The van der Waals surface area contributed by atoms with E-state index in [0.29, 0.717) is 6.42 Å². The van der Waals surface area contributed by atoms with Gasteiger partial charge in [-0.25, -0.2) is 0 Å². The molecule has 0 aromatic carbocycles. The van der Waals surface area contributed by atoms with Crippen LogP contribution < -0.4 is 5.32 Å². The zero-order valence-corrected chi connectivity index (χ0v) is 26.2. The summed E-state index contributed by atoms with van der Waals surface area (Å²) in [6.45, 7) is 4.09. The molecule has 0 rings (SSSR count). The number of unbranched alkanes of at least 4 members (excludes halogenated alkanes) is 16. The van der Waals surface area contributed by atoms with Gasteiger partial charge in [-0.1, -0.05) is 147 Å². The minimum Gasteiger partial charge on any atom is -0.394 e. The lowest BCUT2D eigenvalue weighted by atomic mass is 10.0. The van der Waals surface area contributed by atoms with Crippen LogP contribution in [0.25, 0.3) is 0 Å². The van der Waals surface area contributed by atoms with E-state index in [1.54, 1.807) is 6.08 Å². The highest BCUT2D eigenvalue weighted by Gasteiger charge is 2.20. The Hall–Kier alpha value is -1.43. The lowest BCUT2D eigenvalue weighted by Crippen LogP contribution is -2.45. The normalized spacial score (nSPS) is 14.4. The highest BCUT2D eigenvalue weighted by atomic mass is 16.3. The first kappa shape index (κ1) is 38.6. The van der Waals surface area contributed by atoms with Crippen molar-refractivity contribution >= 4 is 5.91 Å². The Labute approximate surface area is 247 Å². The number of carbonyl (C=O) groups is 1. The van der Waals surface area contributed by atoms with Crippen LogP contribution in [-0.2, 0) is 4.79 Å². The minimum atomic E-state index is -0.954. The van der Waals surface area contributed by atoms with E-state index in [2.05, 4.69) is 43.5 Å². The SMILES string of the molecule is CCC/C=C/CC/C=C/CC/C=C/C(O)C(CO)NC(=O)CC(O)CCCCCCCCCCCCCCCC. The second-order valence-corrected chi connectivity index (χ2v) is 11.4. The van der Waals surface area contributed by atoms with Gasteiger partial charge >= 0.3 is 0 Å². The van der Waals surface area contributed by atoms with Crippen LogP contribution in [0.4, 0.5) is 0 Å². The summed E-state index contributed by atoms with van der Waals surface area (Å²) < 4.78 is 0. The first-order valence-electron chi connectivity index (χ1n) is 16.8. The highest BCUT2D eigenvalue weighted by molar-refractivity contribution is 5.76. The number of aliphatic hydroxyl groups excluding tert-OH is 3. The third-order valence-electron chi connectivity index (χ3n) is 7.39. The second-order valence-electron chi connectivity index (χ2n) is 11.4. The fraction of sp³-hybridized carbons (Fsp3) is 0.800. The molecule has 234 valence electrons. The smallest absolute Gasteiger partial charge is 0.222 e. The lowest BCUT2D eigenvalue weighted by Gasteiger charge is -2.21. The van der Waals surface area contributed by atoms with Gasteiger partial charge in [-0.15, -0.1) is 0 Å². The molecule has 0 aromatic heterocycles. The molecule has 0 aliphatic carbocycles. The Morgan fingerprint density at radius 1 is 0.625 bits per heavy atom. The van der Waals surface area contributed by atoms with Crippen LogP contribution in [0.3, 0.4) is 0 Å². The molecule has 0 spiro atoms. The van der Waals surface area contributed by atoms with Crippen molar-refractivity contribution in [1.82, 2.24) is 5.32 Å². The number of hydrogen-bond acceptors (Lipinski definition) is 4. The quantitative estimate of drug-likeness (QED) is 0.0543. The average Bonchev–Trinajstić information content (AvgIpc) is 2.94. The van der Waals surface area contributed by atoms with E-state index in [1.807, 2.05) is 6.08 Å². The number of nitrogens with one attached hydrogen (secondary N) is 1. The van der Waals surface area contributed by atoms with Crippen molar-refractivity contribution in [2.24, 2.45) is 0 Å². The number of aliphatic hydroxyl groups is 3. The Morgan fingerprint density at radius 2 is 1.07 bits per heavy atom. The van der Waals surface area contributed by atoms with Gasteiger partial charge in [-0.3, -0.25) is 4.79 Å². The molecule has 0 aliphatic heterocycles. The van der Waals surface area contributed by atoms with Gasteiger partial charge in [0.25, 0.3) is 0 Å². The molecule has 0 saturated heterocycles. The van der Waals surface area contributed by atoms with Crippen LogP contribution in [0.15, 0.2) is 36.5 Å². The van der Waals surface area contributed by atoms with E-state index in [0.717, 1.165) is 44.9 Å². The van der Waals surface area contributed by atoms with Gasteiger partial charge in [-0.2, -0.15) is 0 Å². The van der Waals surface area contributed by atoms with Gasteiger partial charge in [0, 0.05) is 0 Å². The number of allylic oxidation sites excluding steroid dienone is 5. The fourth-order valence-corrected chi connectivity index (χ4v) is 4.79. The fourth-order valence-electron chi connectivity index (χ4n) is 4.79. The van der Waals surface area contributed by atoms with Gasteiger partial charge < -0.3 is 20.6 Å². The summed E-state index contributed by atoms with van der Waals surface area (Å²) >= 11 is 0. The second kappa shape index (κ2) is 30.5. The van der Waals surface area contributed by atoms with Crippen LogP contribution in [0.5, 0.6) is 0 Å². The van der Waals surface area contributed by atoms with E-state index in [-0.39, 0.29) is 18.9 Å². The van der Waals surface area contributed by atoms with Crippen LogP contribution in [-0.4, -0.2) is 46.1 Å². The van der Waals surface area contributed by atoms with Crippen LogP contribution >= 0.6 is 0 Å². The van der Waals surface area contributed by atoms with Crippen molar-refractivity contribution < 1.29 is 20.1 Å². The van der Waals surface area contributed by atoms with Crippen molar-refractivity contribution in [3.63, 3.8) is 0 Å². The molecule has 40 heavy (non-hydrogen) atoms. The summed E-state index contributed by atoms with van der Waals surface area (Å²) in [6.07, 6.45) is 35.5. The topological polar surface area (TPSA) is 89.8 Å². The number of hydrogen-bond donors (Lipinski definition) is 4. The molecule has 0 radical (unpaired) electrons. The molecule has 5 heteroatoms. The van der Waals surface area contributed by atoms with Crippen molar-refractivity contribution in [3.05, 3.63) is 36.5 Å². The minimum absolute atomic E-state index is 0.00378. The maximum Gasteiger partial charge on any atom is 0.222 e. The van der Waals surface area contributed by atoms with E-state index in [9.17, 15) is 20.1 Å². The highest BCUT2D eigenvalue weighted by Crippen LogP contribution is 2.14. The summed E-state index contributed by atoms with van der Waals surface area (Å²) in [6, 6.07) is -0.762. The summed E-state index contributed by atoms with van der Waals surface area (Å²) in [5, 5.41) is 32.9. The molecule has 1 amide bonds. The summed E-state index contributed by atoms with van der Waals surface area (Å²) in [7, 11) is 0. The standard InChI is InChI=1S/C35H65NO4/c1-3-5-7-9-11-13-15-16-17-19-20-22-24-26-28-32(38)30-35(40)36-33(31-37)34(39)29-27-25-23-21-18-14-12-10-8-6-4-2/h8,10,18,21,27,29,32-34,37-39H,3-7,9,11-17,19-20,22-26,28,30-31H2,1-2H3,(H,36,40)/b10-8+,21-18+,29-27+. The average molecular weight is 564 g/mol. The van der Waals surface area contributed by atoms with Gasteiger partial charge in [-0.05, 0) is 38.5 Å². The molecular formula is C35H65NO4. The zero-order valence-electron chi connectivity index (χ0n) is 26.2. The predicted octanol–water partition coefficient (Wildman–Crippen LogP) is 8.48. The number of carbonyl (C=O) groups excluding carboxylic acids is 1. The van der Waals surface area contributed by atoms with Crippen LogP contribution in [0, 0.1) is 0 Å². The van der Waals surface area contributed by atoms with Crippen molar-refractivity contribution in [2.75, 3.05) is 6.61 Å². The number of amides is 1. The van der Waals surface area contributed by atoms with E-state index in [1.165, 1.54) is 83.5 Å². The first-order valence-corrected chi connectivity index (χ1v) is 16.8. The van der Waals surface area contributed by atoms with Gasteiger partial charge in [0.15, 0.2) is 0 Å². The Kier molecular flexibility index (Phi) is 29.4. The van der Waals surface area contributed by atoms with Gasteiger partial charge in [0.1, 0.15) is 0 Å². The van der Waals surface area contributed by atoms with Crippen molar-refractivity contribution in [1.29, 1.82) is 0 Å². The molecule has 4 N–H and O–H groups in total. The van der Waals surface area contributed by atoms with E-state index < -0.39 is 18.2 Å². The maximum atomic E-state index is 12.3. The van der Waals surface area contributed by atoms with E-state index >= 15 is 0 Å². The molecule has 0 bridgehead atoms. The van der Waals surface area contributed by atoms with Gasteiger partial charge in [0.05, 0.1) is 31.3 Å². The molecule has 0 heterocycles. The van der Waals surface area contributed by atoms with Gasteiger partial charge in [0.2, 0.25) is 5.91 Å². The monoisotopic (exact) mass is 563 g/mol. The third-order valence-corrected chi connectivity index (χ3v) is 7.39. The maximum absolute atomic E-state index is 12.3. The molecule has 3 atom stereocenters. The first-order chi connectivity index (χ1) is 19.5.